The summed E-state index contributed by atoms with van der Waals surface area (Å²) in [5.74, 6) is 0. The smallest absolute Gasteiger partial charge is 0.161 e. The van der Waals surface area contributed by atoms with Gasteiger partial charge in [0.2, 0.25) is 0 Å². The SMILES string of the molecule is CC(C)(C)c1ncnc2c1cnn2C(C)(C)C. The van der Waals surface area contributed by atoms with E-state index in [1.54, 1.807) is 6.33 Å². The summed E-state index contributed by atoms with van der Waals surface area (Å²) < 4.78 is 1.96. The Bertz CT molecular complexity index is 541. The normalized spacial score (nSPS) is 13.3. The highest BCUT2D eigenvalue weighted by molar-refractivity contribution is 5.78. The molecule has 2 rings (SSSR count). The predicted molar refractivity (Wildman–Crippen MR) is 69.0 cm³/mol. The molecule has 0 fully saturated rings. The highest BCUT2D eigenvalue weighted by Crippen LogP contribution is 2.28. The molecule has 2 heterocycles. The van der Waals surface area contributed by atoms with E-state index >= 15 is 0 Å². The van der Waals surface area contributed by atoms with Crippen LogP contribution in [0.15, 0.2) is 12.5 Å². The molecule has 0 saturated heterocycles. The molecular formula is C13H20N4. The van der Waals surface area contributed by atoms with Crippen LogP contribution >= 0.6 is 0 Å². The quantitative estimate of drug-likeness (QED) is 0.701. The topological polar surface area (TPSA) is 43.6 Å². The highest BCUT2D eigenvalue weighted by atomic mass is 15.3. The lowest BCUT2D eigenvalue weighted by molar-refractivity contribution is 0.366. The zero-order valence-corrected chi connectivity index (χ0v) is 11.4. The van der Waals surface area contributed by atoms with Crippen LogP contribution in [0.25, 0.3) is 11.0 Å². The molecule has 0 radical (unpaired) electrons. The van der Waals surface area contributed by atoms with Gasteiger partial charge in [0.15, 0.2) is 5.65 Å². The van der Waals surface area contributed by atoms with Crippen molar-refractivity contribution in [3.05, 3.63) is 18.2 Å². The minimum atomic E-state index is -0.0642. The van der Waals surface area contributed by atoms with Gasteiger partial charge in [0, 0.05) is 5.41 Å². The summed E-state index contributed by atoms with van der Waals surface area (Å²) in [6.45, 7) is 12.8. The van der Waals surface area contributed by atoms with E-state index in [-0.39, 0.29) is 11.0 Å². The molecule has 0 unspecified atom stereocenters. The highest BCUT2D eigenvalue weighted by Gasteiger charge is 2.24. The Morgan fingerprint density at radius 1 is 1.00 bits per heavy atom. The van der Waals surface area contributed by atoms with Crippen molar-refractivity contribution in [2.75, 3.05) is 0 Å². The van der Waals surface area contributed by atoms with Gasteiger partial charge in [-0.25, -0.2) is 14.6 Å². The molecule has 0 aromatic carbocycles. The number of fused-ring (bicyclic) bond motifs is 1. The van der Waals surface area contributed by atoms with Crippen LogP contribution in [0.5, 0.6) is 0 Å². The molecule has 4 heteroatoms. The molecule has 4 nitrogen and oxygen atoms in total. The first-order valence-corrected chi connectivity index (χ1v) is 5.91. The van der Waals surface area contributed by atoms with Gasteiger partial charge in [0.1, 0.15) is 6.33 Å². The van der Waals surface area contributed by atoms with Crippen molar-refractivity contribution in [2.45, 2.75) is 52.5 Å². The number of hydrogen-bond donors (Lipinski definition) is 0. The minimum absolute atomic E-state index is 0.00688. The maximum absolute atomic E-state index is 4.45. The van der Waals surface area contributed by atoms with E-state index in [9.17, 15) is 0 Å². The largest absolute Gasteiger partial charge is 0.242 e. The van der Waals surface area contributed by atoms with Crippen molar-refractivity contribution in [2.24, 2.45) is 0 Å². The van der Waals surface area contributed by atoms with Gasteiger partial charge in [-0.3, -0.25) is 0 Å². The molecule has 92 valence electrons. The van der Waals surface area contributed by atoms with Gasteiger partial charge in [-0.2, -0.15) is 5.10 Å². The number of hydrogen-bond acceptors (Lipinski definition) is 3. The molecule has 0 atom stereocenters. The lowest BCUT2D eigenvalue weighted by Gasteiger charge is -2.21. The first-order valence-electron chi connectivity index (χ1n) is 5.91. The van der Waals surface area contributed by atoms with Crippen molar-refractivity contribution in [3.8, 4) is 0 Å². The molecule has 0 aliphatic carbocycles. The zero-order valence-electron chi connectivity index (χ0n) is 11.4. The van der Waals surface area contributed by atoms with Crippen LogP contribution in [0.4, 0.5) is 0 Å². The summed E-state index contributed by atoms with van der Waals surface area (Å²) in [7, 11) is 0. The molecule has 0 aliphatic rings. The molecule has 2 aromatic heterocycles. The zero-order chi connectivity index (χ0) is 12.8. The minimum Gasteiger partial charge on any atom is -0.242 e. The van der Waals surface area contributed by atoms with Crippen LogP contribution in [0.3, 0.4) is 0 Å². The van der Waals surface area contributed by atoms with Gasteiger partial charge >= 0.3 is 0 Å². The summed E-state index contributed by atoms with van der Waals surface area (Å²) in [6.07, 6.45) is 3.51. The van der Waals surface area contributed by atoms with E-state index in [0.717, 1.165) is 16.7 Å². The molecule has 0 bridgehead atoms. The maximum atomic E-state index is 4.45. The van der Waals surface area contributed by atoms with Gasteiger partial charge < -0.3 is 0 Å². The Morgan fingerprint density at radius 3 is 2.18 bits per heavy atom. The Morgan fingerprint density at radius 2 is 1.65 bits per heavy atom. The van der Waals surface area contributed by atoms with Gasteiger partial charge in [-0.1, -0.05) is 20.8 Å². The van der Waals surface area contributed by atoms with Gasteiger partial charge in [-0.15, -0.1) is 0 Å². The average Bonchev–Trinajstić information content (AvgIpc) is 2.57. The number of nitrogens with zero attached hydrogens (tertiary/aromatic N) is 4. The molecular weight excluding hydrogens is 212 g/mol. The van der Waals surface area contributed by atoms with E-state index in [1.165, 1.54) is 0 Å². The van der Waals surface area contributed by atoms with Crippen LogP contribution in [0, 0.1) is 0 Å². The van der Waals surface area contributed by atoms with Crippen molar-refractivity contribution in [3.63, 3.8) is 0 Å². The number of aromatic nitrogens is 4. The first-order chi connectivity index (χ1) is 7.71. The fourth-order valence-electron chi connectivity index (χ4n) is 1.93. The van der Waals surface area contributed by atoms with Gasteiger partial charge in [0.05, 0.1) is 22.8 Å². The summed E-state index contributed by atoms with van der Waals surface area (Å²) in [6, 6.07) is 0. The average molecular weight is 232 g/mol. The van der Waals surface area contributed by atoms with Crippen molar-refractivity contribution in [1.29, 1.82) is 0 Å². The van der Waals surface area contributed by atoms with Gasteiger partial charge in [0.25, 0.3) is 0 Å². The van der Waals surface area contributed by atoms with E-state index in [4.69, 9.17) is 0 Å². The van der Waals surface area contributed by atoms with E-state index in [1.807, 2.05) is 10.9 Å². The van der Waals surface area contributed by atoms with E-state index in [2.05, 4.69) is 56.6 Å². The predicted octanol–water partition coefficient (Wildman–Crippen LogP) is 2.88. The van der Waals surface area contributed by atoms with Crippen molar-refractivity contribution < 1.29 is 0 Å². The van der Waals surface area contributed by atoms with Crippen molar-refractivity contribution >= 4 is 11.0 Å². The molecule has 0 amide bonds. The third kappa shape index (κ3) is 2.04. The van der Waals surface area contributed by atoms with Crippen LogP contribution in [-0.4, -0.2) is 19.7 Å². The molecule has 2 aromatic rings. The Hall–Kier alpha value is -1.45. The second-order valence-corrected chi connectivity index (χ2v) is 6.44. The molecule has 0 N–H and O–H groups in total. The van der Waals surface area contributed by atoms with E-state index in [0.29, 0.717) is 0 Å². The van der Waals surface area contributed by atoms with Crippen LogP contribution < -0.4 is 0 Å². The fourth-order valence-corrected chi connectivity index (χ4v) is 1.93. The Labute approximate surface area is 102 Å². The first kappa shape index (κ1) is 12.0. The molecule has 0 aliphatic heterocycles. The molecule has 17 heavy (non-hydrogen) atoms. The lowest BCUT2D eigenvalue weighted by Crippen LogP contribution is -2.23. The third-order valence-corrected chi connectivity index (χ3v) is 2.71. The monoisotopic (exact) mass is 232 g/mol. The third-order valence-electron chi connectivity index (χ3n) is 2.71. The van der Waals surface area contributed by atoms with Crippen LogP contribution in [-0.2, 0) is 11.0 Å². The summed E-state index contributed by atoms with van der Waals surface area (Å²) >= 11 is 0. The second-order valence-electron chi connectivity index (χ2n) is 6.44. The fraction of sp³-hybridized carbons (Fsp3) is 0.615. The standard InChI is InChI=1S/C13H20N4/c1-12(2,3)10-9-7-16-17(13(4,5)6)11(9)15-8-14-10/h7-8H,1-6H3. The lowest BCUT2D eigenvalue weighted by atomic mass is 9.90. The maximum Gasteiger partial charge on any atom is 0.161 e. The molecule has 0 saturated carbocycles. The molecule has 0 spiro atoms. The summed E-state index contributed by atoms with van der Waals surface area (Å²) in [4.78, 5) is 8.78. The second kappa shape index (κ2) is 3.52. The number of rotatable bonds is 0. The summed E-state index contributed by atoms with van der Waals surface area (Å²) in [5.41, 5.74) is 1.91. The Balaban J connectivity index is 2.74. The van der Waals surface area contributed by atoms with Crippen LogP contribution in [0.1, 0.15) is 47.2 Å². The summed E-state index contributed by atoms with van der Waals surface area (Å²) in [5, 5.41) is 5.51. The van der Waals surface area contributed by atoms with Crippen LogP contribution in [0.2, 0.25) is 0 Å². The van der Waals surface area contributed by atoms with Crippen molar-refractivity contribution in [1.82, 2.24) is 19.7 Å². The van der Waals surface area contributed by atoms with E-state index < -0.39 is 0 Å². The Kier molecular flexibility index (Phi) is 2.49. The van der Waals surface area contributed by atoms with Gasteiger partial charge in [-0.05, 0) is 20.8 Å².